The number of urea groups is 1. The molecule has 1 aliphatic heterocycles. The summed E-state index contributed by atoms with van der Waals surface area (Å²) in [5.41, 5.74) is 1.07. The summed E-state index contributed by atoms with van der Waals surface area (Å²) < 4.78 is 38.2. The topological polar surface area (TPSA) is 67.9 Å². The van der Waals surface area contributed by atoms with Gasteiger partial charge < -0.3 is 14.4 Å². The van der Waals surface area contributed by atoms with Crippen LogP contribution in [0, 0.1) is 11.6 Å². The van der Waals surface area contributed by atoms with Gasteiger partial charge in [0, 0.05) is 6.54 Å². The van der Waals surface area contributed by atoms with Crippen molar-refractivity contribution < 1.29 is 27.8 Å². The fourth-order valence-corrected chi connectivity index (χ4v) is 3.37. The molecule has 0 saturated heterocycles. The summed E-state index contributed by atoms with van der Waals surface area (Å²) in [7, 11) is 3.06. The summed E-state index contributed by atoms with van der Waals surface area (Å²) in [5.74, 6) is -2.05. The lowest BCUT2D eigenvalue weighted by Crippen LogP contribution is -2.47. The summed E-state index contributed by atoms with van der Waals surface area (Å²) in [6, 6.07) is 5.62. The molecule has 1 heterocycles. The number of rotatable bonds is 3. The normalized spacial score (nSPS) is 15.6. The van der Waals surface area contributed by atoms with Crippen LogP contribution < -0.4 is 14.8 Å². The zero-order valence-electron chi connectivity index (χ0n) is 15.7. The lowest BCUT2D eigenvalue weighted by Gasteiger charge is -2.35. The monoisotopic (exact) mass is 390 g/mol. The van der Waals surface area contributed by atoms with E-state index < -0.39 is 29.1 Å². The van der Waals surface area contributed by atoms with Crippen molar-refractivity contribution in [3.63, 3.8) is 0 Å². The molecule has 2 aromatic carbocycles. The number of fused-ring (bicyclic) bond motifs is 1. The van der Waals surface area contributed by atoms with Gasteiger partial charge in [-0.15, -0.1) is 0 Å². The van der Waals surface area contributed by atoms with E-state index >= 15 is 0 Å². The molecule has 1 unspecified atom stereocenters. The van der Waals surface area contributed by atoms with Crippen LogP contribution in [-0.4, -0.2) is 37.6 Å². The van der Waals surface area contributed by atoms with Gasteiger partial charge in [0.05, 0.1) is 20.3 Å². The Kier molecular flexibility index (Phi) is 5.48. The smallest absolute Gasteiger partial charge is 0.324 e. The van der Waals surface area contributed by atoms with E-state index in [9.17, 15) is 18.4 Å². The lowest BCUT2D eigenvalue weighted by molar-refractivity contribution is 0.0936. The molecule has 148 valence electrons. The second-order valence-electron chi connectivity index (χ2n) is 6.38. The lowest BCUT2D eigenvalue weighted by atomic mass is 9.93. The Morgan fingerprint density at radius 1 is 1.11 bits per heavy atom. The molecule has 6 nitrogen and oxygen atoms in total. The Morgan fingerprint density at radius 2 is 1.71 bits per heavy atom. The van der Waals surface area contributed by atoms with E-state index in [1.807, 2.05) is 6.07 Å². The predicted octanol–water partition coefficient (Wildman–Crippen LogP) is 3.45. The van der Waals surface area contributed by atoms with Gasteiger partial charge in [-0.25, -0.2) is 13.6 Å². The van der Waals surface area contributed by atoms with E-state index in [-0.39, 0.29) is 6.04 Å². The van der Waals surface area contributed by atoms with Gasteiger partial charge >= 0.3 is 6.03 Å². The van der Waals surface area contributed by atoms with Crippen LogP contribution in [0.4, 0.5) is 13.6 Å². The number of halogens is 2. The van der Waals surface area contributed by atoms with Crippen LogP contribution in [0.25, 0.3) is 0 Å². The Labute approximate surface area is 161 Å². The number of methoxy groups -OCH3 is 2. The van der Waals surface area contributed by atoms with E-state index in [4.69, 9.17) is 9.47 Å². The zero-order chi connectivity index (χ0) is 20.4. The van der Waals surface area contributed by atoms with Crippen molar-refractivity contribution in [1.29, 1.82) is 0 Å². The van der Waals surface area contributed by atoms with Gasteiger partial charge in [0.2, 0.25) is 0 Å². The highest BCUT2D eigenvalue weighted by Gasteiger charge is 2.31. The number of ether oxygens (including phenoxy) is 2. The zero-order valence-corrected chi connectivity index (χ0v) is 15.7. The Hall–Kier alpha value is -3.16. The molecule has 3 rings (SSSR count). The molecule has 0 aliphatic carbocycles. The van der Waals surface area contributed by atoms with Crippen LogP contribution in [0.5, 0.6) is 11.5 Å². The molecule has 0 aromatic heterocycles. The van der Waals surface area contributed by atoms with E-state index in [2.05, 4.69) is 5.32 Å². The molecule has 8 heteroatoms. The first-order valence-electron chi connectivity index (χ1n) is 8.68. The second kappa shape index (κ2) is 7.84. The first-order chi connectivity index (χ1) is 13.4. The molecule has 28 heavy (non-hydrogen) atoms. The number of nitrogens with zero attached hydrogens (tertiary/aromatic N) is 1. The number of carbonyl (C=O) groups excluding carboxylic acids is 2. The van der Waals surface area contributed by atoms with Gasteiger partial charge in [-0.05, 0) is 48.7 Å². The van der Waals surface area contributed by atoms with Crippen LogP contribution in [-0.2, 0) is 6.42 Å². The molecule has 0 radical (unpaired) electrons. The van der Waals surface area contributed by atoms with E-state index in [0.29, 0.717) is 24.5 Å². The van der Waals surface area contributed by atoms with Crippen LogP contribution in [0.15, 0.2) is 30.3 Å². The number of amides is 3. The highest BCUT2D eigenvalue weighted by molar-refractivity contribution is 6.04. The Morgan fingerprint density at radius 3 is 2.32 bits per heavy atom. The highest BCUT2D eigenvalue weighted by atomic mass is 19.1. The minimum atomic E-state index is -1.12. The maximum absolute atomic E-state index is 13.8. The van der Waals surface area contributed by atoms with Gasteiger partial charge in [0.1, 0.15) is 17.2 Å². The largest absolute Gasteiger partial charge is 0.493 e. The summed E-state index contributed by atoms with van der Waals surface area (Å²) in [5, 5.41) is 2.07. The number of imide groups is 1. The number of benzene rings is 2. The fourth-order valence-electron chi connectivity index (χ4n) is 3.37. The first-order valence-corrected chi connectivity index (χ1v) is 8.68. The molecular weight excluding hydrogens is 370 g/mol. The number of nitrogens with one attached hydrogen (secondary N) is 1. The van der Waals surface area contributed by atoms with E-state index in [1.165, 1.54) is 12.0 Å². The van der Waals surface area contributed by atoms with E-state index in [0.717, 1.165) is 29.3 Å². The SMILES string of the molecule is COc1cc2c(cc1OC)C(C)N(C(=O)NC(=O)c1c(F)cccc1F)CC2. The van der Waals surface area contributed by atoms with Crippen molar-refractivity contribution in [3.05, 3.63) is 58.7 Å². The molecule has 2 aromatic rings. The minimum absolute atomic E-state index is 0.336. The number of hydrogen-bond acceptors (Lipinski definition) is 4. The highest BCUT2D eigenvalue weighted by Crippen LogP contribution is 2.37. The maximum atomic E-state index is 13.8. The van der Waals surface area contributed by atoms with Crippen LogP contribution in [0.2, 0.25) is 0 Å². The average molecular weight is 390 g/mol. The average Bonchev–Trinajstić information content (AvgIpc) is 2.67. The summed E-state index contributed by atoms with van der Waals surface area (Å²) in [4.78, 5) is 26.2. The molecule has 0 bridgehead atoms. The van der Waals surface area contributed by atoms with Crippen LogP contribution in [0.1, 0.15) is 34.5 Å². The van der Waals surface area contributed by atoms with Gasteiger partial charge in [0.15, 0.2) is 11.5 Å². The third kappa shape index (κ3) is 3.49. The Bertz CT molecular complexity index is 912. The van der Waals surface area contributed by atoms with Gasteiger partial charge in [-0.2, -0.15) is 0 Å². The van der Waals surface area contributed by atoms with Crippen molar-refractivity contribution in [1.82, 2.24) is 10.2 Å². The van der Waals surface area contributed by atoms with Crippen LogP contribution in [0.3, 0.4) is 0 Å². The van der Waals surface area contributed by atoms with Crippen molar-refractivity contribution in [2.45, 2.75) is 19.4 Å². The standard InChI is InChI=1S/C20H20F2N2O4/c1-11-13-10-17(28-3)16(27-2)9-12(13)7-8-24(11)20(26)23-19(25)18-14(21)5-4-6-15(18)22/h4-6,9-11H,7-8H2,1-3H3,(H,23,25,26). The van der Waals surface area contributed by atoms with Crippen molar-refractivity contribution >= 4 is 11.9 Å². The minimum Gasteiger partial charge on any atom is -0.493 e. The molecule has 0 spiro atoms. The second-order valence-corrected chi connectivity index (χ2v) is 6.38. The Balaban J connectivity index is 1.82. The fraction of sp³-hybridized carbons (Fsp3) is 0.300. The molecule has 1 N–H and O–H groups in total. The summed E-state index contributed by atoms with van der Waals surface area (Å²) in [6.07, 6.45) is 0.537. The molecular formula is C20H20F2N2O4. The van der Waals surface area contributed by atoms with Gasteiger partial charge in [-0.3, -0.25) is 10.1 Å². The number of carbonyl (C=O) groups is 2. The molecule has 3 amide bonds. The summed E-state index contributed by atoms with van der Waals surface area (Å²) >= 11 is 0. The molecule has 0 fully saturated rings. The van der Waals surface area contributed by atoms with E-state index in [1.54, 1.807) is 20.1 Å². The van der Waals surface area contributed by atoms with Crippen molar-refractivity contribution in [3.8, 4) is 11.5 Å². The maximum Gasteiger partial charge on any atom is 0.324 e. The number of hydrogen-bond donors (Lipinski definition) is 1. The predicted molar refractivity (Wildman–Crippen MR) is 97.6 cm³/mol. The first kappa shape index (κ1) is 19.6. The van der Waals surface area contributed by atoms with Gasteiger partial charge in [0.25, 0.3) is 5.91 Å². The molecule has 1 aliphatic rings. The summed E-state index contributed by atoms with van der Waals surface area (Å²) in [6.45, 7) is 2.14. The third-order valence-corrected chi connectivity index (χ3v) is 4.86. The van der Waals surface area contributed by atoms with Crippen molar-refractivity contribution in [2.24, 2.45) is 0 Å². The van der Waals surface area contributed by atoms with Gasteiger partial charge in [-0.1, -0.05) is 6.07 Å². The molecule has 1 atom stereocenters. The van der Waals surface area contributed by atoms with Crippen LogP contribution >= 0.6 is 0 Å². The quantitative estimate of drug-likeness (QED) is 0.872. The third-order valence-electron chi connectivity index (χ3n) is 4.86. The molecule has 0 saturated carbocycles. The van der Waals surface area contributed by atoms with Crippen molar-refractivity contribution in [2.75, 3.05) is 20.8 Å².